The van der Waals surface area contributed by atoms with Crippen LogP contribution < -0.4 is 4.74 Å². The van der Waals surface area contributed by atoms with Gasteiger partial charge in [0.15, 0.2) is 0 Å². The molecular formula is C10H13ClFNO. The second-order valence-electron chi connectivity index (χ2n) is 3.46. The molecule has 0 aromatic carbocycles. The molecule has 2 nitrogen and oxygen atoms in total. The highest BCUT2D eigenvalue weighted by Crippen LogP contribution is 2.18. The Bertz CT molecular complexity index is 304. The van der Waals surface area contributed by atoms with Gasteiger partial charge in [-0.2, -0.15) is 0 Å². The zero-order chi connectivity index (χ0) is 10.6. The molecule has 1 aromatic rings. The van der Waals surface area contributed by atoms with Crippen LogP contribution in [0.2, 0.25) is 0 Å². The second kappa shape index (κ2) is 5.15. The highest BCUT2D eigenvalue weighted by atomic mass is 35.5. The molecule has 0 spiro atoms. The van der Waals surface area contributed by atoms with E-state index in [4.69, 9.17) is 16.3 Å². The highest BCUT2D eigenvalue weighted by molar-refractivity contribution is 6.17. The first-order chi connectivity index (χ1) is 6.63. The van der Waals surface area contributed by atoms with Crippen LogP contribution in [0.4, 0.5) is 4.39 Å². The fraction of sp³-hybridized carbons (Fsp3) is 0.500. The smallest absolute Gasteiger partial charge is 0.217 e. The number of halogens is 2. The minimum absolute atomic E-state index is 0.207. The third-order valence-corrected chi connectivity index (χ3v) is 1.88. The Balaban J connectivity index is 2.75. The van der Waals surface area contributed by atoms with Crippen molar-refractivity contribution >= 4 is 11.6 Å². The number of pyridine rings is 1. The maximum absolute atomic E-state index is 12.8. The van der Waals surface area contributed by atoms with Crippen molar-refractivity contribution in [2.45, 2.75) is 19.7 Å². The van der Waals surface area contributed by atoms with E-state index in [2.05, 4.69) is 4.98 Å². The first-order valence-corrected chi connectivity index (χ1v) is 5.00. The van der Waals surface area contributed by atoms with E-state index in [1.165, 1.54) is 6.07 Å². The Morgan fingerprint density at radius 1 is 1.57 bits per heavy atom. The van der Waals surface area contributed by atoms with Crippen LogP contribution in [0.15, 0.2) is 12.3 Å². The zero-order valence-electron chi connectivity index (χ0n) is 8.26. The molecule has 4 heteroatoms. The predicted octanol–water partition coefficient (Wildman–Crippen LogP) is 2.99. The summed E-state index contributed by atoms with van der Waals surface area (Å²) in [6.45, 7) is 4.62. The lowest BCUT2D eigenvalue weighted by atomic mass is 10.2. The molecule has 0 saturated carbocycles. The highest BCUT2D eigenvalue weighted by Gasteiger charge is 2.06. The van der Waals surface area contributed by atoms with E-state index in [0.717, 1.165) is 6.20 Å². The molecule has 78 valence electrons. The third kappa shape index (κ3) is 3.14. The molecule has 0 N–H and O–H groups in total. The van der Waals surface area contributed by atoms with Gasteiger partial charge >= 0.3 is 0 Å². The summed E-state index contributed by atoms with van der Waals surface area (Å²) in [4.78, 5) is 3.84. The molecule has 0 bridgehead atoms. The number of hydrogen-bond acceptors (Lipinski definition) is 2. The van der Waals surface area contributed by atoms with Gasteiger partial charge in [0.25, 0.3) is 0 Å². The van der Waals surface area contributed by atoms with Gasteiger partial charge in [0.05, 0.1) is 18.7 Å². The SMILES string of the molecule is CC(C)COc1ncc(F)cc1CCl. The number of rotatable bonds is 4. The van der Waals surface area contributed by atoms with Gasteiger partial charge in [0.1, 0.15) is 5.82 Å². The molecule has 0 aliphatic rings. The lowest BCUT2D eigenvalue weighted by molar-refractivity contribution is 0.258. The molecule has 1 aromatic heterocycles. The van der Waals surface area contributed by atoms with Crippen LogP contribution in [0.3, 0.4) is 0 Å². The minimum Gasteiger partial charge on any atom is -0.477 e. The fourth-order valence-corrected chi connectivity index (χ4v) is 1.13. The standard InChI is InChI=1S/C10H13ClFNO/c1-7(2)6-14-10-8(4-11)3-9(12)5-13-10/h3,5,7H,4,6H2,1-2H3. The van der Waals surface area contributed by atoms with E-state index in [-0.39, 0.29) is 5.88 Å². The van der Waals surface area contributed by atoms with Crippen molar-refractivity contribution in [3.8, 4) is 5.88 Å². The summed E-state index contributed by atoms with van der Waals surface area (Å²) < 4.78 is 18.1. The van der Waals surface area contributed by atoms with Crippen LogP contribution >= 0.6 is 11.6 Å². The van der Waals surface area contributed by atoms with Crippen molar-refractivity contribution in [1.29, 1.82) is 0 Å². The summed E-state index contributed by atoms with van der Waals surface area (Å²) >= 11 is 5.63. The number of alkyl halides is 1. The monoisotopic (exact) mass is 217 g/mol. The van der Waals surface area contributed by atoms with Crippen LogP contribution in [0.5, 0.6) is 5.88 Å². The van der Waals surface area contributed by atoms with Crippen molar-refractivity contribution in [1.82, 2.24) is 4.98 Å². The van der Waals surface area contributed by atoms with E-state index < -0.39 is 5.82 Å². The van der Waals surface area contributed by atoms with Crippen LogP contribution in [-0.4, -0.2) is 11.6 Å². The predicted molar refractivity (Wildman–Crippen MR) is 54.1 cm³/mol. The number of hydrogen-bond donors (Lipinski definition) is 0. The minimum atomic E-state index is -0.391. The lowest BCUT2D eigenvalue weighted by Gasteiger charge is -2.10. The molecule has 0 aliphatic heterocycles. The first-order valence-electron chi connectivity index (χ1n) is 4.46. The zero-order valence-corrected chi connectivity index (χ0v) is 9.01. The van der Waals surface area contributed by atoms with Crippen LogP contribution in [0.1, 0.15) is 19.4 Å². The van der Waals surface area contributed by atoms with Crippen LogP contribution in [0, 0.1) is 11.7 Å². The van der Waals surface area contributed by atoms with Gasteiger partial charge in [0.2, 0.25) is 5.88 Å². The molecule has 1 rings (SSSR count). The summed E-state index contributed by atoms with van der Waals surface area (Å²) in [6.07, 6.45) is 1.13. The molecule has 0 fully saturated rings. The quantitative estimate of drug-likeness (QED) is 0.724. The Labute approximate surface area is 88.1 Å². The van der Waals surface area contributed by atoms with E-state index in [1.54, 1.807) is 0 Å². The number of nitrogens with zero attached hydrogens (tertiary/aromatic N) is 1. The number of ether oxygens (including phenoxy) is 1. The van der Waals surface area contributed by atoms with Gasteiger partial charge < -0.3 is 4.74 Å². The van der Waals surface area contributed by atoms with E-state index in [9.17, 15) is 4.39 Å². The molecule has 0 unspecified atom stereocenters. The van der Waals surface area contributed by atoms with Gasteiger partial charge in [-0.05, 0) is 12.0 Å². The molecule has 14 heavy (non-hydrogen) atoms. The average molecular weight is 218 g/mol. The summed E-state index contributed by atoms with van der Waals surface area (Å²) in [5.41, 5.74) is 0.590. The van der Waals surface area contributed by atoms with Gasteiger partial charge in [-0.25, -0.2) is 9.37 Å². The summed E-state index contributed by atoms with van der Waals surface area (Å²) in [5, 5.41) is 0. The van der Waals surface area contributed by atoms with Gasteiger partial charge in [0, 0.05) is 5.56 Å². The van der Waals surface area contributed by atoms with Crippen LogP contribution in [0.25, 0.3) is 0 Å². The fourth-order valence-electron chi connectivity index (χ4n) is 0.940. The summed E-state index contributed by atoms with van der Waals surface area (Å²) in [5.74, 6) is 0.649. The maximum atomic E-state index is 12.8. The summed E-state index contributed by atoms with van der Waals surface area (Å²) in [7, 11) is 0. The van der Waals surface area contributed by atoms with E-state index in [1.807, 2.05) is 13.8 Å². The second-order valence-corrected chi connectivity index (χ2v) is 3.72. The Morgan fingerprint density at radius 3 is 2.86 bits per heavy atom. The first kappa shape index (κ1) is 11.2. The Hall–Kier alpha value is -0.830. The average Bonchev–Trinajstić information content (AvgIpc) is 2.15. The largest absolute Gasteiger partial charge is 0.477 e. The third-order valence-electron chi connectivity index (χ3n) is 1.59. The van der Waals surface area contributed by atoms with Crippen molar-refractivity contribution in [3.63, 3.8) is 0 Å². The van der Waals surface area contributed by atoms with Crippen molar-refractivity contribution < 1.29 is 9.13 Å². The molecule has 0 atom stereocenters. The topological polar surface area (TPSA) is 22.1 Å². The normalized spacial score (nSPS) is 10.6. The van der Waals surface area contributed by atoms with Crippen molar-refractivity contribution in [2.75, 3.05) is 6.61 Å². The Morgan fingerprint density at radius 2 is 2.29 bits per heavy atom. The molecule has 1 heterocycles. The van der Waals surface area contributed by atoms with Crippen molar-refractivity contribution in [3.05, 3.63) is 23.6 Å². The maximum Gasteiger partial charge on any atom is 0.217 e. The molecule has 0 radical (unpaired) electrons. The molecule has 0 saturated heterocycles. The Kier molecular flexibility index (Phi) is 4.14. The lowest BCUT2D eigenvalue weighted by Crippen LogP contribution is -2.07. The number of aromatic nitrogens is 1. The molecular weight excluding hydrogens is 205 g/mol. The van der Waals surface area contributed by atoms with Gasteiger partial charge in [-0.1, -0.05) is 13.8 Å². The van der Waals surface area contributed by atoms with Gasteiger partial charge in [-0.3, -0.25) is 0 Å². The van der Waals surface area contributed by atoms with E-state index in [0.29, 0.717) is 24.0 Å². The molecule has 0 aliphatic carbocycles. The molecule has 0 amide bonds. The van der Waals surface area contributed by atoms with Crippen molar-refractivity contribution in [2.24, 2.45) is 5.92 Å². The summed E-state index contributed by atoms with van der Waals surface area (Å²) in [6, 6.07) is 1.34. The van der Waals surface area contributed by atoms with E-state index >= 15 is 0 Å². The van der Waals surface area contributed by atoms with Crippen LogP contribution in [-0.2, 0) is 5.88 Å². The van der Waals surface area contributed by atoms with Gasteiger partial charge in [-0.15, -0.1) is 11.6 Å².